The molecular weight excluding hydrogens is 401 g/mol. The van der Waals surface area contributed by atoms with Gasteiger partial charge in [-0.2, -0.15) is 0 Å². The number of halogens is 1. The minimum Gasteiger partial charge on any atom is -0.496 e. The van der Waals surface area contributed by atoms with E-state index in [0.717, 1.165) is 47.9 Å². The third kappa shape index (κ3) is 5.37. The van der Waals surface area contributed by atoms with Crippen LogP contribution in [0.5, 0.6) is 5.75 Å². The summed E-state index contributed by atoms with van der Waals surface area (Å²) in [5, 5.41) is 3.26. The van der Waals surface area contributed by atoms with Crippen molar-refractivity contribution >= 4 is 5.91 Å². The van der Waals surface area contributed by atoms with Crippen LogP contribution in [-0.4, -0.2) is 19.1 Å². The number of amides is 1. The second kappa shape index (κ2) is 10.4. The Hall–Kier alpha value is -3.14. The van der Waals surface area contributed by atoms with Gasteiger partial charge in [-0.15, -0.1) is 0 Å². The Balaban J connectivity index is 1.72. The average Bonchev–Trinajstić information content (AvgIpc) is 3.09. The molecule has 1 fully saturated rings. The molecule has 1 aliphatic carbocycles. The van der Waals surface area contributed by atoms with E-state index in [-0.39, 0.29) is 17.8 Å². The van der Waals surface area contributed by atoms with Crippen LogP contribution in [0.2, 0.25) is 0 Å². The summed E-state index contributed by atoms with van der Waals surface area (Å²) in [6.45, 7) is 0. The van der Waals surface area contributed by atoms with Crippen molar-refractivity contribution in [3.05, 3.63) is 89.2 Å². The normalized spacial score (nSPS) is 14.6. The molecule has 1 saturated carbocycles. The van der Waals surface area contributed by atoms with Crippen LogP contribution in [0.15, 0.2) is 66.7 Å². The number of nitrogens with one attached hydrogen (secondary N) is 1. The lowest BCUT2D eigenvalue weighted by atomic mass is 9.94. The highest BCUT2D eigenvalue weighted by Crippen LogP contribution is 2.33. The van der Waals surface area contributed by atoms with Gasteiger partial charge in [0.25, 0.3) is 5.91 Å². The first kappa shape index (κ1) is 22.1. The minimum atomic E-state index is -0.262. The van der Waals surface area contributed by atoms with Gasteiger partial charge >= 0.3 is 0 Å². The minimum absolute atomic E-state index is 0.0908. The van der Waals surface area contributed by atoms with Crippen molar-refractivity contribution in [3.8, 4) is 16.9 Å². The topological polar surface area (TPSA) is 38.3 Å². The van der Waals surface area contributed by atoms with Gasteiger partial charge in [0.05, 0.1) is 12.7 Å². The van der Waals surface area contributed by atoms with E-state index in [0.29, 0.717) is 17.7 Å². The van der Waals surface area contributed by atoms with Crippen LogP contribution in [0.3, 0.4) is 0 Å². The molecule has 0 unspecified atom stereocenters. The first-order valence-electron chi connectivity index (χ1n) is 11.5. The van der Waals surface area contributed by atoms with Crippen molar-refractivity contribution < 1.29 is 13.9 Å². The van der Waals surface area contributed by atoms with E-state index in [2.05, 4.69) is 11.4 Å². The number of rotatable bonds is 6. The summed E-state index contributed by atoms with van der Waals surface area (Å²) >= 11 is 0. The molecule has 4 heteroatoms. The van der Waals surface area contributed by atoms with Gasteiger partial charge in [0, 0.05) is 12.5 Å². The van der Waals surface area contributed by atoms with Crippen LogP contribution in [-0.2, 0) is 6.42 Å². The zero-order chi connectivity index (χ0) is 22.3. The summed E-state index contributed by atoms with van der Waals surface area (Å²) in [5.74, 6) is 0.231. The smallest absolute Gasteiger partial charge is 0.255 e. The van der Waals surface area contributed by atoms with Gasteiger partial charge in [-0.1, -0.05) is 68.1 Å². The lowest BCUT2D eigenvalue weighted by Gasteiger charge is -2.20. The van der Waals surface area contributed by atoms with Crippen molar-refractivity contribution in [3.63, 3.8) is 0 Å². The molecule has 1 amide bonds. The molecule has 3 aromatic carbocycles. The molecule has 0 heterocycles. The summed E-state index contributed by atoms with van der Waals surface area (Å²) in [4.78, 5) is 13.4. The summed E-state index contributed by atoms with van der Waals surface area (Å²) in [5.41, 5.74) is 4.43. The maximum atomic E-state index is 13.4. The summed E-state index contributed by atoms with van der Waals surface area (Å²) in [6.07, 6.45) is 7.38. The average molecular weight is 432 g/mol. The lowest BCUT2D eigenvalue weighted by molar-refractivity contribution is 0.0930. The van der Waals surface area contributed by atoms with E-state index < -0.39 is 0 Å². The van der Waals surface area contributed by atoms with E-state index in [1.807, 2.05) is 36.4 Å². The van der Waals surface area contributed by atoms with Crippen molar-refractivity contribution in [2.45, 2.75) is 51.0 Å². The van der Waals surface area contributed by atoms with Crippen molar-refractivity contribution in [1.82, 2.24) is 5.32 Å². The molecule has 0 aliphatic heterocycles. The second-order valence-corrected chi connectivity index (χ2v) is 8.55. The van der Waals surface area contributed by atoms with E-state index in [9.17, 15) is 9.18 Å². The predicted molar refractivity (Wildman–Crippen MR) is 127 cm³/mol. The standard InChI is InChI=1S/C28H30FNO2/c1-32-27-23(17-20-13-15-24(29)16-14-20)18-22(21-9-5-4-6-10-21)19-26(27)28(31)30-25-11-7-2-3-8-12-25/h4-6,9-10,13-16,18-19,25H,2-3,7-8,11-12,17H2,1H3,(H,30,31). The summed E-state index contributed by atoms with van der Waals surface area (Å²) in [7, 11) is 1.61. The molecular formula is C28H30FNO2. The zero-order valence-corrected chi connectivity index (χ0v) is 18.6. The molecule has 0 aromatic heterocycles. The van der Waals surface area contributed by atoms with Gasteiger partial charge in [0.15, 0.2) is 0 Å². The number of carbonyl (C=O) groups is 1. The maximum Gasteiger partial charge on any atom is 0.255 e. The van der Waals surface area contributed by atoms with Gasteiger partial charge in [0.2, 0.25) is 0 Å². The molecule has 0 spiro atoms. The highest BCUT2D eigenvalue weighted by molar-refractivity contribution is 5.99. The molecule has 0 saturated heterocycles. The van der Waals surface area contributed by atoms with E-state index >= 15 is 0 Å². The monoisotopic (exact) mass is 431 g/mol. The molecule has 1 N–H and O–H groups in total. The lowest BCUT2D eigenvalue weighted by Crippen LogP contribution is -2.34. The van der Waals surface area contributed by atoms with Crippen molar-refractivity contribution in [2.24, 2.45) is 0 Å². The van der Waals surface area contributed by atoms with Crippen LogP contribution in [0.1, 0.15) is 60.0 Å². The van der Waals surface area contributed by atoms with Crippen molar-refractivity contribution in [2.75, 3.05) is 7.11 Å². The molecule has 3 aromatic rings. The van der Waals surface area contributed by atoms with Crippen LogP contribution in [0.25, 0.3) is 11.1 Å². The Labute approximate surface area is 189 Å². The Morgan fingerprint density at radius 1 is 0.938 bits per heavy atom. The molecule has 32 heavy (non-hydrogen) atoms. The van der Waals surface area contributed by atoms with Crippen LogP contribution in [0.4, 0.5) is 4.39 Å². The van der Waals surface area contributed by atoms with E-state index in [4.69, 9.17) is 4.74 Å². The van der Waals surface area contributed by atoms with E-state index in [1.54, 1.807) is 19.2 Å². The third-order valence-electron chi connectivity index (χ3n) is 6.22. The Kier molecular flexibility index (Phi) is 7.21. The zero-order valence-electron chi connectivity index (χ0n) is 18.6. The van der Waals surface area contributed by atoms with Gasteiger partial charge < -0.3 is 10.1 Å². The molecule has 166 valence electrons. The van der Waals surface area contributed by atoms with Crippen LogP contribution >= 0.6 is 0 Å². The number of hydrogen-bond acceptors (Lipinski definition) is 2. The molecule has 4 rings (SSSR count). The molecule has 0 atom stereocenters. The Morgan fingerprint density at radius 2 is 1.62 bits per heavy atom. The first-order valence-corrected chi connectivity index (χ1v) is 11.5. The Bertz CT molecular complexity index is 1040. The number of methoxy groups -OCH3 is 1. The van der Waals surface area contributed by atoms with Crippen molar-refractivity contribution in [1.29, 1.82) is 0 Å². The fourth-order valence-corrected chi connectivity index (χ4v) is 4.54. The molecule has 3 nitrogen and oxygen atoms in total. The molecule has 0 radical (unpaired) electrons. The fraction of sp³-hybridized carbons (Fsp3) is 0.321. The second-order valence-electron chi connectivity index (χ2n) is 8.55. The largest absolute Gasteiger partial charge is 0.496 e. The third-order valence-corrected chi connectivity index (χ3v) is 6.22. The fourth-order valence-electron chi connectivity index (χ4n) is 4.54. The van der Waals surface area contributed by atoms with Gasteiger partial charge in [-0.25, -0.2) is 4.39 Å². The molecule has 1 aliphatic rings. The van der Waals surface area contributed by atoms with Gasteiger partial charge in [-0.3, -0.25) is 4.79 Å². The first-order chi connectivity index (χ1) is 15.6. The predicted octanol–water partition coefficient (Wildman–Crippen LogP) is 6.54. The number of hydrogen-bond donors (Lipinski definition) is 1. The van der Waals surface area contributed by atoms with Gasteiger partial charge in [0.1, 0.15) is 11.6 Å². The number of carbonyl (C=O) groups excluding carboxylic acids is 1. The number of ether oxygens (including phenoxy) is 1. The Morgan fingerprint density at radius 3 is 2.28 bits per heavy atom. The van der Waals surface area contributed by atoms with E-state index in [1.165, 1.54) is 25.0 Å². The van der Waals surface area contributed by atoms with Crippen LogP contribution < -0.4 is 10.1 Å². The van der Waals surface area contributed by atoms with Gasteiger partial charge in [-0.05, 0) is 59.4 Å². The highest BCUT2D eigenvalue weighted by Gasteiger charge is 2.22. The van der Waals surface area contributed by atoms with Crippen LogP contribution in [0, 0.1) is 5.82 Å². The maximum absolute atomic E-state index is 13.4. The summed E-state index contributed by atoms with van der Waals surface area (Å²) in [6, 6.07) is 20.7. The highest BCUT2D eigenvalue weighted by atomic mass is 19.1. The SMILES string of the molecule is COc1c(Cc2ccc(F)cc2)cc(-c2ccccc2)cc1C(=O)NC1CCCCCC1. The quantitative estimate of drug-likeness (QED) is 0.450. The number of benzene rings is 3. The summed E-state index contributed by atoms with van der Waals surface area (Å²) < 4.78 is 19.2. The molecule has 0 bridgehead atoms.